The van der Waals surface area contributed by atoms with Crippen LogP contribution >= 0.6 is 0 Å². The SMILES string of the molecule is C[C@@H](N)C(=O)NC1CCN(S(=O)(=O)Cc2ccccc2)CC1. The van der Waals surface area contributed by atoms with E-state index in [0.717, 1.165) is 5.56 Å². The van der Waals surface area contributed by atoms with Gasteiger partial charge in [-0.15, -0.1) is 0 Å². The fraction of sp³-hybridized carbons (Fsp3) is 0.533. The molecule has 0 aliphatic carbocycles. The van der Waals surface area contributed by atoms with Gasteiger partial charge in [-0.2, -0.15) is 0 Å². The van der Waals surface area contributed by atoms with Crippen molar-refractivity contribution >= 4 is 15.9 Å². The molecule has 0 unspecified atom stereocenters. The minimum absolute atomic E-state index is 0.00155. The summed E-state index contributed by atoms with van der Waals surface area (Å²) in [5, 5.41) is 2.85. The number of carbonyl (C=O) groups is 1. The van der Waals surface area contributed by atoms with Gasteiger partial charge in [0.1, 0.15) is 0 Å². The first-order chi connectivity index (χ1) is 10.4. The Bertz CT molecular complexity index is 594. The van der Waals surface area contributed by atoms with E-state index in [1.54, 1.807) is 6.92 Å². The van der Waals surface area contributed by atoms with E-state index < -0.39 is 16.1 Å². The molecule has 1 aromatic rings. The van der Waals surface area contributed by atoms with Gasteiger partial charge < -0.3 is 11.1 Å². The van der Waals surface area contributed by atoms with Crippen molar-refractivity contribution in [2.24, 2.45) is 5.73 Å². The number of nitrogens with two attached hydrogens (primary N) is 1. The molecule has 1 aromatic carbocycles. The zero-order chi connectivity index (χ0) is 16.2. The second kappa shape index (κ2) is 7.21. The normalized spacial score (nSPS) is 18.8. The maximum atomic E-state index is 12.4. The van der Waals surface area contributed by atoms with Crippen LogP contribution in [-0.2, 0) is 20.6 Å². The highest BCUT2D eigenvalue weighted by Crippen LogP contribution is 2.17. The van der Waals surface area contributed by atoms with Gasteiger partial charge in [-0.3, -0.25) is 4.79 Å². The molecule has 1 saturated heterocycles. The third-order valence-corrected chi connectivity index (χ3v) is 5.65. The summed E-state index contributed by atoms with van der Waals surface area (Å²) in [5.74, 6) is -0.171. The number of benzene rings is 1. The van der Waals surface area contributed by atoms with E-state index >= 15 is 0 Å². The molecule has 1 amide bonds. The highest BCUT2D eigenvalue weighted by Gasteiger charge is 2.29. The number of hydrogen-bond acceptors (Lipinski definition) is 4. The highest BCUT2D eigenvalue weighted by atomic mass is 32.2. The Labute approximate surface area is 131 Å². The summed E-state index contributed by atoms with van der Waals surface area (Å²) in [4.78, 5) is 11.6. The molecule has 0 saturated carbocycles. The van der Waals surface area contributed by atoms with Crippen LogP contribution in [0, 0.1) is 0 Å². The molecule has 0 bridgehead atoms. The number of carbonyl (C=O) groups excluding carboxylic acids is 1. The van der Waals surface area contributed by atoms with Crippen molar-refractivity contribution in [3.63, 3.8) is 0 Å². The van der Waals surface area contributed by atoms with Gasteiger partial charge in [0, 0.05) is 19.1 Å². The molecule has 3 N–H and O–H groups in total. The van der Waals surface area contributed by atoms with Gasteiger partial charge in [0.15, 0.2) is 0 Å². The summed E-state index contributed by atoms with van der Waals surface area (Å²) in [6.07, 6.45) is 1.24. The molecule has 0 aromatic heterocycles. The lowest BCUT2D eigenvalue weighted by molar-refractivity contribution is -0.122. The van der Waals surface area contributed by atoms with Crippen molar-refractivity contribution in [2.75, 3.05) is 13.1 Å². The molecule has 6 nitrogen and oxygen atoms in total. The average molecular weight is 325 g/mol. The van der Waals surface area contributed by atoms with Crippen molar-refractivity contribution in [3.8, 4) is 0 Å². The fourth-order valence-electron chi connectivity index (χ4n) is 2.49. The lowest BCUT2D eigenvalue weighted by Gasteiger charge is -2.32. The van der Waals surface area contributed by atoms with E-state index in [1.807, 2.05) is 30.3 Å². The summed E-state index contributed by atoms with van der Waals surface area (Å²) < 4.78 is 26.3. The molecule has 22 heavy (non-hydrogen) atoms. The van der Waals surface area contributed by atoms with Gasteiger partial charge in [0.05, 0.1) is 11.8 Å². The zero-order valence-corrected chi connectivity index (χ0v) is 13.6. The van der Waals surface area contributed by atoms with Crippen molar-refractivity contribution in [2.45, 2.75) is 37.6 Å². The van der Waals surface area contributed by atoms with Crippen molar-refractivity contribution < 1.29 is 13.2 Å². The standard InChI is InChI=1S/C15H23N3O3S/c1-12(16)15(19)17-14-7-9-18(10-8-14)22(20,21)11-13-5-3-2-4-6-13/h2-6,12,14H,7-11,16H2,1H3,(H,17,19)/t12-/m1/s1. The van der Waals surface area contributed by atoms with Crippen LogP contribution in [0.5, 0.6) is 0 Å². The van der Waals surface area contributed by atoms with Crippen LogP contribution in [0.15, 0.2) is 30.3 Å². The molecule has 1 aliphatic heterocycles. The minimum atomic E-state index is -3.31. The van der Waals surface area contributed by atoms with Crippen LogP contribution < -0.4 is 11.1 Å². The summed E-state index contributed by atoms with van der Waals surface area (Å²) in [6.45, 7) is 2.49. The predicted octanol–water partition coefficient (Wildman–Crippen LogP) is 0.444. The Hall–Kier alpha value is -1.44. The Balaban J connectivity index is 1.89. The first kappa shape index (κ1) is 16.9. The molecule has 1 fully saturated rings. The fourth-order valence-corrected chi connectivity index (χ4v) is 4.05. The summed E-state index contributed by atoms with van der Waals surface area (Å²) >= 11 is 0. The minimum Gasteiger partial charge on any atom is -0.352 e. The third-order valence-electron chi connectivity index (χ3n) is 3.80. The Morgan fingerprint density at radius 3 is 2.45 bits per heavy atom. The number of hydrogen-bond donors (Lipinski definition) is 2. The number of piperidine rings is 1. The number of nitrogens with zero attached hydrogens (tertiary/aromatic N) is 1. The predicted molar refractivity (Wildman–Crippen MR) is 85.5 cm³/mol. The highest BCUT2D eigenvalue weighted by molar-refractivity contribution is 7.88. The lowest BCUT2D eigenvalue weighted by Crippen LogP contribution is -2.49. The number of nitrogens with one attached hydrogen (secondary N) is 1. The molecular weight excluding hydrogens is 302 g/mol. The van der Waals surface area contributed by atoms with Crippen LogP contribution in [0.25, 0.3) is 0 Å². The lowest BCUT2D eigenvalue weighted by atomic mass is 10.1. The van der Waals surface area contributed by atoms with E-state index in [0.29, 0.717) is 25.9 Å². The van der Waals surface area contributed by atoms with Crippen LogP contribution in [0.4, 0.5) is 0 Å². The van der Waals surface area contributed by atoms with E-state index in [9.17, 15) is 13.2 Å². The van der Waals surface area contributed by atoms with Gasteiger partial charge in [-0.1, -0.05) is 30.3 Å². The van der Waals surface area contributed by atoms with E-state index in [4.69, 9.17) is 5.73 Å². The first-order valence-electron chi connectivity index (χ1n) is 7.46. The Morgan fingerprint density at radius 2 is 1.91 bits per heavy atom. The van der Waals surface area contributed by atoms with Gasteiger partial charge in [0.25, 0.3) is 0 Å². The molecule has 2 rings (SSSR count). The van der Waals surface area contributed by atoms with Crippen LogP contribution in [-0.4, -0.2) is 43.8 Å². The molecule has 0 spiro atoms. The van der Waals surface area contributed by atoms with Gasteiger partial charge in [-0.05, 0) is 25.3 Å². The maximum Gasteiger partial charge on any atom is 0.236 e. The summed E-state index contributed by atoms with van der Waals surface area (Å²) in [7, 11) is -3.31. The quantitative estimate of drug-likeness (QED) is 0.822. The largest absolute Gasteiger partial charge is 0.352 e. The molecule has 7 heteroatoms. The summed E-state index contributed by atoms with van der Waals surface area (Å²) in [6, 6.07) is 8.62. The molecule has 1 atom stereocenters. The number of amides is 1. The smallest absolute Gasteiger partial charge is 0.236 e. The maximum absolute atomic E-state index is 12.4. The first-order valence-corrected chi connectivity index (χ1v) is 9.07. The topological polar surface area (TPSA) is 92.5 Å². The molecule has 122 valence electrons. The van der Waals surface area contributed by atoms with Gasteiger partial charge in [-0.25, -0.2) is 12.7 Å². The van der Waals surface area contributed by atoms with Crippen LogP contribution in [0.3, 0.4) is 0 Å². The molecule has 0 radical (unpaired) electrons. The van der Waals surface area contributed by atoms with E-state index in [-0.39, 0.29) is 17.7 Å². The monoisotopic (exact) mass is 325 g/mol. The van der Waals surface area contributed by atoms with Crippen molar-refractivity contribution in [1.29, 1.82) is 0 Å². The van der Waals surface area contributed by atoms with Crippen molar-refractivity contribution in [1.82, 2.24) is 9.62 Å². The van der Waals surface area contributed by atoms with Crippen LogP contribution in [0.2, 0.25) is 0 Å². The van der Waals surface area contributed by atoms with Gasteiger partial charge >= 0.3 is 0 Å². The Kier molecular flexibility index (Phi) is 5.55. The molecular formula is C15H23N3O3S. The van der Waals surface area contributed by atoms with Crippen molar-refractivity contribution in [3.05, 3.63) is 35.9 Å². The van der Waals surface area contributed by atoms with E-state index in [2.05, 4.69) is 5.32 Å². The number of rotatable bonds is 5. The third kappa shape index (κ3) is 4.53. The molecule has 1 aliphatic rings. The Morgan fingerprint density at radius 1 is 1.32 bits per heavy atom. The van der Waals surface area contributed by atoms with Gasteiger partial charge in [0.2, 0.25) is 15.9 Å². The van der Waals surface area contributed by atoms with E-state index in [1.165, 1.54) is 4.31 Å². The second-order valence-corrected chi connectivity index (χ2v) is 7.68. The second-order valence-electron chi connectivity index (χ2n) is 5.71. The summed E-state index contributed by atoms with van der Waals surface area (Å²) in [5.41, 5.74) is 6.30. The zero-order valence-electron chi connectivity index (χ0n) is 12.7. The average Bonchev–Trinajstić information content (AvgIpc) is 2.48. The number of sulfonamides is 1. The molecule has 1 heterocycles. The van der Waals surface area contributed by atoms with Crippen LogP contribution in [0.1, 0.15) is 25.3 Å².